The van der Waals surface area contributed by atoms with Crippen molar-refractivity contribution in [3.8, 4) is 11.5 Å². The van der Waals surface area contributed by atoms with E-state index in [1.54, 1.807) is 14.2 Å². The number of methoxy groups -OCH3 is 2. The molecule has 16 heavy (non-hydrogen) atoms. The third kappa shape index (κ3) is 2.47. The van der Waals surface area contributed by atoms with Crippen LogP contribution in [0.15, 0.2) is 12.1 Å². The van der Waals surface area contributed by atoms with Crippen LogP contribution in [0.2, 0.25) is 0 Å². The summed E-state index contributed by atoms with van der Waals surface area (Å²) in [6.07, 6.45) is 0.882. The van der Waals surface area contributed by atoms with Gasteiger partial charge in [0.05, 0.1) is 14.2 Å². The van der Waals surface area contributed by atoms with Crippen LogP contribution < -0.4 is 9.47 Å². The standard InChI is InChI=1S/C13H20O3/c1-5-11-12(9(2)8-14)6-10(15-3)7-13(11)16-4/h6-7,9,14H,5,8H2,1-4H3. The molecule has 0 spiro atoms. The van der Waals surface area contributed by atoms with E-state index in [1.165, 1.54) is 0 Å². The minimum Gasteiger partial charge on any atom is -0.497 e. The molecule has 1 aromatic rings. The van der Waals surface area contributed by atoms with Crippen molar-refractivity contribution in [1.29, 1.82) is 0 Å². The van der Waals surface area contributed by atoms with E-state index in [2.05, 4.69) is 6.92 Å². The first-order valence-corrected chi connectivity index (χ1v) is 5.53. The molecule has 0 fully saturated rings. The first-order valence-electron chi connectivity index (χ1n) is 5.53. The lowest BCUT2D eigenvalue weighted by molar-refractivity contribution is 0.272. The number of hydrogen-bond donors (Lipinski definition) is 1. The Bertz CT molecular complexity index is 347. The number of aliphatic hydroxyl groups is 1. The molecule has 0 aliphatic heterocycles. The van der Waals surface area contributed by atoms with Gasteiger partial charge in [0, 0.05) is 18.6 Å². The topological polar surface area (TPSA) is 38.7 Å². The zero-order chi connectivity index (χ0) is 12.1. The van der Waals surface area contributed by atoms with Gasteiger partial charge in [0.25, 0.3) is 0 Å². The molecule has 1 unspecified atom stereocenters. The highest BCUT2D eigenvalue weighted by Gasteiger charge is 2.15. The third-order valence-corrected chi connectivity index (χ3v) is 2.83. The van der Waals surface area contributed by atoms with Gasteiger partial charge in [-0.15, -0.1) is 0 Å². The van der Waals surface area contributed by atoms with Crippen LogP contribution in [0.5, 0.6) is 11.5 Å². The summed E-state index contributed by atoms with van der Waals surface area (Å²) in [6, 6.07) is 3.86. The van der Waals surface area contributed by atoms with Gasteiger partial charge in [0.1, 0.15) is 11.5 Å². The molecule has 1 atom stereocenters. The van der Waals surface area contributed by atoms with Gasteiger partial charge < -0.3 is 14.6 Å². The van der Waals surface area contributed by atoms with Crippen molar-refractivity contribution < 1.29 is 14.6 Å². The maximum atomic E-state index is 9.25. The van der Waals surface area contributed by atoms with E-state index >= 15 is 0 Å². The minimum absolute atomic E-state index is 0.0962. The lowest BCUT2D eigenvalue weighted by Crippen LogP contribution is -2.05. The summed E-state index contributed by atoms with van der Waals surface area (Å²) in [5.74, 6) is 1.69. The Balaban J connectivity index is 3.30. The lowest BCUT2D eigenvalue weighted by atomic mass is 9.93. The molecule has 3 heteroatoms. The summed E-state index contributed by atoms with van der Waals surface area (Å²) in [6.45, 7) is 4.20. The second-order valence-electron chi connectivity index (χ2n) is 3.83. The van der Waals surface area contributed by atoms with E-state index < -0.39 is 0 Å². The zero-order valence-corrected chi connectivity index (χ0v) is 10.4. The average Bonchev–Trinajstić information content (AvgIpc) is 2.35. The van der Waals surface area contributed by atoms with Crippen molar-refractivity contribution in [3.63, 3.8) is 0 Å². The number of ether oxygens (including phenoxy) is 2. The number of hydrogen-bond acceptors (Lipinski definition) is 3. The van der Waals surface area contributed by atoms with Gasteiger partial charge in [-0.25, -0.2) is 0 Å². The first-order chi connectivity index (χ1) is 7.67. The highest BCUT2D eigenvalue weighted by molar-refractivity contribution is 5.48. The van der Waals surface area contributed by atoms with Crippen molar-refractivity contribution in [3.05, 3.63) is 23.3 Å². The van der Waals surface area contributed by atoms with Crippen LogP contribution in [0.4, 0.5) is 0 Å². The van der Waals surface area contributed by atoms with Gasteiger partial charge in [0.15, 0.2) is 0 Å². The van der Waals surface area contributed by atoms with Gasteiger partial charge in [-0.05, 0) is 23.6 Å². The highest BCUT2D eigenvalue weighted by atomic mass is 16.5. The Kier molecular flexibility index (Phi) is 4.62. The fourth-order valence-corrected chi connectivity index (χ4v) is 1.86. The molecule has 0 aliphatic carbocycles. The molecular weight excluding hydrogens is 204 g/mol. The largest absolute Gasteiger partial charge is 0.497 e. The Hall–Kier alpha value is -1.22. The number of benzene rings is 1. The quantitative estimate of drug-likeness (QED) is 0.834. The number of rotatable bonds is 5. The summed E-state index contributed by atoms with van der Waals surface area (Å²) in [7, 11) is 3.29. The van der Waals surface area contributed by atoms with Crippen LogP contribution in [0, 0.1) is 0 Å². The molecule has 0 aromatic heterocycles. The van der Waals surface area contributed by atoms with Crippen LogP contribution in [0.3, 0.4) is 0 Å². The summed E-state index contributed by atoms with van der Waals surface area (Å²) in [5, 5.41) is 9.25. The van der Waals surface area contributed by atoms with Crippen molar-refractivity contribution in [2.75, 3.05) is 20.8 Å². The van der Waals surface area contributed by atoms with Crippen LogP contribution >= 0.6 is 0 Å². The molecule has 1 N–H and O–H groups in total. The SMILES string of the molecule is CCc1c(OC)cc(OC)cc1C(C)CO. The average molecular weight is 224 g/mol. The van der Waals surface area contributed by atoms with Gasteiger partial charge in [-0.1, -0.05) is 13.8 Å². The lowest BCUT2D eigenvalue weighted by Gasteiger charge is -2.18. The Morgan fingerprint density at radius 3 is 2.38 bits per heavy atom. The van der Waals surface area contributed by atoms with Gasteiger partial charge >= 0.3 is 0 Å². The van der Waals surface area contributed by atoms with E-state index in [9.17, 15) is 5.11 Å². The van der Waals surface area contributed by atoms with E-state index in [-0.39, 0.29) is 12.5 Å². The third-order valence-electron chi connectivity index (χ3n) is 2.83. The monoisotopic (exact) mass is 224 g/mol. The van der Waals surface area contributed by atoms with E-state index in [0.29, 0.717) is 0 Å². The van der Waals surface area contributed by atoms with Gasteiger partial charge in [-0.2, -0.15) is 0 Å². The molecule has 0 radical (unpaired) electrons. The Labute approximate surface area is 97.0 Å². The molecule has 0 aliphatic rings. The second kappa shape index (κ2) is 5.75. The van der Waals surface area contributed by atoms with Crippen molar-refractivity contribution >= 4 is 0 Å². The van der Waals surface area contributed by atoms with Crippen molar-refractivity contribution in [2.24, 2.45) is 0 Å². The van der Waals surface area contributed by atoms with Crippen LogP contribution in [-0.4, -0.2) is 25.9 Å². The number of aliphatic hydroxyl groups excluding tert-OH is 1. The van der Waals surface area contributed by atoms with Crippen molar-refractivity contribution in [2.45, 2.75) is 26.2 Å². The molecule has 0 heterocycles. The summed E-state index contributed by atoms with van der Waals surface area (Å²) in [5.41, 5.74) is 2.24. The van der Waals surface area contributed by atoms with E-state index in [1.807, 2.05) is 19.1 Å². The highest BCUT2D eigenvalue weighted by Crippen LogP contribution is 2.33. The fraction of sp³-hybridized carbons (Fsp3) is 0.538. The van der Waals surface area contributed by atoms with Crippen LogP contribution in [0.1, 0.15) is 30.9 Å². The predicted molar refractivity (Wildman–Crippen MR) is 64.4 cm³/mol. The minimum atomic E-state index is 0.0962. The molecule has 3 nitrogen and oxygen atoms in total. The van der Waals surface area contributed by atoms with Gasteiger partial charge in [-0.3, -0.25) is 0 Å². The first kappa shape index (κ1) is 12.8. The molecular formula is C13H20O3. The van der Waals surface area contributed by atoms with Gasteiger partial charge in [0.2, 0.25) is 0 Å². The Morgan fingerprint density at radius 2 is 1.94 bits per heavy atom. The summed E-state index contributed by atoms with van der Waals surface area (Å²) in [4.78, 5) is 0. The van der Waals surface area contributed by atoms with Crippen molar-refractivity contribution in [1.82, 2.24) is 0 Å². The zero-order valence-electron chi connectivity index (χ0n) is 10.4. The van der Waals surface area contributed by atoms with E-state index in [0.717, 1.165) is 29.0 Å². The molecule has 1 aromatic carbocycles. The predicted octanol–water partition coefficient (Wildman–Crippen LogP) is 2.36. The molecule has 1 rings (SSSR count). The van der Waals surface area contributed by atoms with E-state index in [4.69, 9.17) is 9.47 Å². The normalized spacial score (nSPS) is 12.3. The summed E-state index contributed by atoms with van der Waals surface area (Å²) >= 11 is 0. The molecule has 0 saturated heterocycles. The Morgan fingerprint density at radius 1 is 1.25 bits per heavy atom. The molecule has 0 amide bonds. The maximum Gasteiger partial charge on any atom is 0.126 e. The fourth-order valence-electron chi connectivity index (χ4n) is 1.86. The molecule has 0 bridgehead atoms. The van der Waals surface area contributed by atoms with Crippen LogP contribution in [-0.2, 0) is 6.42 Å². The maximum absolute atomic E-state index is 9.25. The molecule has 0 saturated carbocycles. The second-order valence-corrected chi connectivity index (χ2v) is 3.83. The smallest absolute Gasteiger partial charge is 0.126 e. The van der Waals surface area contributed by atoms with Crippen LogP contribution in [0.25, 0.3) is 0 Å². The summed E-state index contributed by atoms with van der Waals surface area (Å²) < 4.78 is 10.6. The molecule has 90 valence electrons.